The van der Waals surface area contributed by atoms with Crippen LogP contribution in [0, 0.1) is 25.2 Å². The van der Waals surface area contributed by atoms with E-state index in [0.717, 1.165) is 17.0 Å². The van der Waals surface area contributed by atoms with Gasteiger partial charge in [-0.25, -0.2) is 0 Å². The molecule has 0 aromatic carbocycles. The number of nitrogens with one attached hydrogen (secondary N) is 1. The van der Waals surface area contributed by atoms with E-state index in [0.29, 0.717) is 17.1 Å². The van der Waals surface area contributed by atoms with E-state index in [9.17, 15) is 0 Å². The van der Waals surface area contributed by atoms with Crippen molar-refractivity contribution in [1.29, 1.82) is 5.26 Å². The van der Waals surface area contributed by atoms with Crippen LogP contribution in [-0.2, 0) is 6.54 Å². The molecule has 2 aromatic heterocycles. The Morgan fingerprint density at radius 2 is 2.29 bits per heavy atom. The van der Waals surface area contributed by atoms with Crippen LogP contribution in [0.4, 0.5) is 10.8 Å². The number of nitrogens with zero attached hydrogens (tertiary/aromatic N) is 3. The number of anilines is 2. The fraction of sp³-hybridized carbons (Fsp3) is 0.300. The number of rotatable bonds is 3. The van der Waals surface area contributed by atoms with Crippen molar-refractivity contribution < 1.29 is 4.52 Å². The van der Waals surface area contributed by atoms with Crippen LogP contribution in [0.15, 0.2) is 4.52 Å². The third-order valence-corrected chi connectivity index (χ3v) is 3.26. The lowest BCUT2D eigenvalue weighted by atomic mass is 10.2. The Hall–Kier alpha value is -2.07. The Morgan fingerprint density at radius 1 is 1.53 bits per heavy atom. The molecule has 0 aliphatic rings. The number of nitrogens with two attached hydrogens (primary N) is 1. The summed E-state index contributed by atoms with van der Waals surface area (Å²) in [5.74, 6) is 1.03. The van der Waals surface area contributed by atoms with E-state index in [1.807, 2.05) is 19.9 Å². The van der Waals surface area contributed by atoms with Gasteiger partial charge in [-0.15, -0.1) is 0 Å². The largest absolute Gasteiger partial charge is 0.382 e. The summed E-state index contributed by atoms with van der Waals surface area (Å²) in [7, 11) is 0. The maximum Gasteiger partial charge on any atom is 0.157 e. The van der Waals surface area contributed by atoms with Gasteiger partial charge in [-0.2, -0.15) is 9.64 Å². The van der Waals surface area contributed by atoms with Gasteiger partial charge in [0.25, 0.3) is 0 Å². The van der Waals surface area contributed by atoms with Gasteiger partial charge in [-0.3, -0.25) is 0 Å². The summed E-state index contributed by atoms with van der Waals surface area (Å²) in [4.78, 5) is 0. The van der Waals surface area contributed by atoms with E-state index >= 15 is 0 Å². The van der Waals surface area contributed by atoms with Gasteiger partial charge < -0.3 is 15.6 Å². The van der Waals surface area contributed by atoms with E-state index in [-0.39, 0.29) is 5.82 Å². The summed E-state index contributed by atoms with van der Waals surface area (Å²) in [6, 6.07) is 2.02. The molecule has 0 bridgehead atoms. The molecule has 17 heavy (non-hydrogen) atoms. The summed E-state index contributed by atoms with van der Waals surface area (Å²) in [6.45, 7) is 4.26. The highest BCUT2D eigenvalue weighted by molar-refractivity contribution is 7.10. The molecular formula is C10H11N5OS. The van der Waals surface area contributed by atoms with E-state index in [1.165, 1.54) is 11.5 Å². The van der Waals surface area contributed by atoms with Gasteiger partial charge in [0.05, 0.1) is 5.69 Å². The average molecular weight is 249 g/mol. The molecule has 0 spiro atoms. The molecule has 3 N–H and O–H groups in total. The number of aromatic nitrogens is 2. The lowest BCUT2D eigenvalue weighted by Crippen LogP contribution is -2.01. The van der Waals surface area contributed by atoms with Gasteiger partial charge >= 0.3 is 0 Å². The smallest absolute Gasteiger partial charge is 0.157 e. The van der Waals surface area contributed by atoms with E-state index < -0.39 is 0 Å². The minimum atomic E-state index is 0.263. The molecular weight excluding hydrogens is 238 g/mol. The van der Waals surface area contributed by atoms with Gasteiger partial charge in [0, 0.05) is 12.1 Å². The van der Waals surface area contributed by atoms with Crippen molar-refractivity contribution in [3.05, 3.63) is 22.6 Å². The SMILES string of the molecule is Cc1noc(C)c1CNc1snc(N)c1C#N. The van der Waals surface area contributed by atoms with Crippen molar-refractivity contribution >= 4 is 22.4 Å². The third-order valence-electron chi connectivity index (χ3n) is 2.44. The van der Waals surface area contributed by atoms with Crippen LogP contribution < -0.4 is 11.1 Å². The normalized spacial score (nSPS) is 10.2. The number of aryl methyl sites for hydroxylation is 2. The number of nitriles is 1. The fourth-order valence-electron chi connectivity index (χ4n) is 1.45. The standard InChI is InChI=1S/C10H11N5OS/c1-5-8(6(2)16-14-5)4-13-10-7(3-11)9(12)15-17-10/h13H,4H2,1-2H3,(H2,12,15). The molecule has 0 saturated heterocycles. The zero-order valence-electron chi connectivity index (χ0n) is 9.44. The van der Waals surface area contributed by atoms with Crippen molar-refractivity contribution in [2.24, 2.45) is 0 Å². The molecule has 88 valence electrons. The summed E-state index contributed by atoms with van der Waals surface area (Å²) in [5, 5.41) is 16.6. The molecule has 6 nitrogen and oxygen atoms in total. The molecule has 7 heteroatoms. The second-order valence-corrected chi connectivity index (χ2v) is 4.31. The van der Waals surface area contributed by atoms with Crippen molar-refractivity contribution in [3.8, 4) is 6.07 Å². The van der Waals surface area contributed by atoms with E-state index in [1.54, 1.807) is 0 Å². The quantitative estimate of drug-likeness (QED) is 0.860. The Bertz CT molecular complexity index is 561. The minimum absolute atomic E-state index is 0.263. The third kappa shape index (κ3) is 2.07. The van der Waals surface area contributed by atoms with Crippen LogP contribution in [0.2, 0.25) is 0 Å². The second-order valence-electron chi connectivity index (χ2n) is 3.54. The summed E-state index contributed by atoms with van der Waals surface area (Å²) in [6.07, 6.45) is 0. The van der Waals surface area contributed by atoms with Gasteiger partial charge in [0.1, 0.15) is 22.4 Å². The van der Waals surface area contributed by atoms with Crippen molar-refractivity contribution in [1.82, 2.24) is 9.53 Å². The van der Waals surface area contributed by atoms with Gasteiger partial charge in [-0.05, 0) is 25.4 Å². The highest BCUT2D eigenvalue weighted by Crippen LogP contribution is 2.26. The molecule has 0 aliphatic carbocycles. The molecule has 2 heterocycles. The lowest BCUT2D eigenvalue weighted by Gasteiger charge is -2.02. The first-order valence-electron chi connectivity index (χ1n) is 4.94. The Balaban J connectivity index is 2.16. The Labute approximate surface area is 102 Å². The predicted octanol–water partition coefficient (Wildman–Crippen LogP) is 1.81. The average Bonchev–Trinajstić information content (AvgIpc) is 2.81. The van der Waals surface area contributed by atoms with Crippen LogP contribution >= 0.6 is 11.5 Å². The minimum Gasteiger partial charge on any atom is -0.382 e. The molecule has 0 radical (unpaired) electrons. The molecule has 0 fully saturated rings. The highest BCUT2D eigenvalue weighted by atomic mass is 32.1. The Kier molecular flexibility index (Phi) is 2.97. The van der Waals surface area contributed by atoms with Gasteiger partial charge in [0.2, 0.25) is 0 Å². The van der Waals surface area contributed by atoms with Gasteiger partial charge in [0.15, 0.2) is 5.82 Å². The molecule has 0 unspecified atom stereocenters. The van der Waals surface area contributed by atoms with E-state index in [2.05, 4.69) is 14.8 Å². The highest BCUT2D eigenvalue weighted by Gasteiger charge is 2.13. The number of hydrogen-bond acceptors (Lipinski definition) is 7. The number of nitrogen functional groups attached to an aromatic ring is 1. The Morgan fingerprint density at radius 3 is 2.88 bits per heavy atom. The van der Waals surface area contributed by atoms with Crippen LogP contribution in [0.5, 0.6) is 0 Å². The predicted molar refractivity (Wildman–Crippen MR) is 64.5 cm³/mol. The second kappa shape index (κ2) is 4.43. The summed E-state index contributed by atoms with van der Waals surface area (Å²) < 4.78 is 8.98. The van der Waals surface area contributed by atoms with Crippen molar-refractivity contribution in [2.75, 3.05) is 11.1 Å². The van der Waals surface area contributed by atoms with Crippen LogP contribution in [0.25, 0.3) is 0 Å². The maximum atomic E-state index is 8.92. The van der Waals surface area contributed by atoms with Crippen LogP contribution in [0.3, 0.4) is 0 Å². The molecule has 0 atom stereocenters. The lowest BCUT2D eigenvalue weighted by molar-refractivity contribution is 0.392. The first-order valence-corrected chi connectivity index (χ1v) is 5.71. The summed E-state index contributed by atoms with van der Waals surface area (Å²) in [5.41, 5.74) is 7.78. The van der Waals surface area contributed by atoms with Crippen molar-refractivity contribution in [3.63, 3.8) is 0 Å². The molecule has 2 aromatic rings. The molecule has 0 saturated carbocycles. The first kappa shape index (κ1) is 11.4. The van der Waals surface area contributed by atoms with Crippen molar-refractivity contribution in [2.45, 2.75) is 20.4 Å². The number of hydrogen-bond donors (Lipinski definition) is 2. The zero-order chi connectivity index (χ0) is 12.4. The molecule has 0 aliphatic heterocycles. The maximum absolute atomic E-state index is 8.92. The van der Waals surface area contributed by atoms with Crippen LogP contribution in [0.1, 0.15) is 22.6 Å². The fourth-order valence-corrected chi connectivity index (χ4v) is 2.11. The van der Waals surface area contributed by atoms with E-state index in [4.69, 9.17) is 15.5 Å². The topological polar surface area (TPSA) is 101 Å². The van der Waals surface area contributed by atoms with Gasteiger partial charge in [-0.1, -0.05) is 5.16 Å². The molecule has 0 amide bonds. The monoisotopic (exact) mass is 249 g/mol. The zero-order valence-corrected chi connectivity index (χ0v) is 10.3. The summed E-state index contributed by atoms with van der Waals surface area (Å²) >= 11 is 1.17. The molecule has 2 rings (SSSR count). The van der Waals surface area contributed by atoms with Crippen LogP contribution in [-0.4, -0.2) is 9.53 Å². The first-order chi connectivity index (χ1) is 8.13.